The van der Waals surface area contributed by atoms with Crippen molar-refractivity contribution in [3.05, 3.63) is 59.7 Å². The van der Waals surface area contributed by atoms with Crippen molar-refractivity contribution < 1.29 is 9.47 Å². The lowest BCUT2D eigenvalue weighted by atomic mass is 10.1. The lowest BCUT2D eigenvalue weighted by Gasteiger charge is -2.21. The van der Waals surface area contributed by atoms with E-state index in [2.05, 4.69) is 44.3 Å². The zero-order valence-electron chi connectivity index (χ0n) is 14.6. The van der Waals surface area contributed by atoms with Crippen LogP contribution in [0.1, 0.15) is 31.9 Å². The molecule has 23 heavy (non-hydrogen) atoms. The Morgan fingerprint density at radius 3 is 2.30 bits per heavy atom. The van der Waals surface area contributed by atoms with E-state index in [1.165, 1.54) is 11.1 Å². The lowest BCUT2D eigenvalue weighted by molar-refractivity contribution is 0.297. The minimum absolute atomic E-state index is 0.0953. The number of hydrogen-bond acceptors (Lipinski definition) is 3. The number of methoxy groups -OCH3 is 1. The number of nitrogens with one attached hydrogen (secondary N) is 1. The Kier molecular flexibility index (Phi) is 6.05. The monoisotopic (exact) mass is 313 g/mol. The molecule has 0 bridgehead atoms. The van der Waals surface area contributed by atoms with E-state index in [4.69, 9.17) is 9.47 Å². The van der Waals surface area contributed by atoms with Gasteiger partial charge >= 0.3 is 0 Å². The van der Waals surface area contributed by atoms with Gasteiger partial charge in [0.05, 0.1) is 13.7 Å². The van der Waals surface area contributed by atoms with Gasteiger partial charge in [0.15, 0.2) is 11.5 Å². The van der Waals surface area contributed by atoms with Crippen LogP contribution < -0.4 is 14.8 Å². The second-order valence-corrected chi connectivity index (χ2v) is 6.67. The van der Waals surface area contributed by atoms with Crippen molar-refractivity contribution in [2.45, 2.75) is 39.3 Å². The van der Waals surface area contributed by atoms with E-state index in [-0.39, 0.29) is 5.54 Å². The topological polar surface area (TPSA) is 30.5 Å². The van der Waals surface area contributed by atoms with Gasteiger partial charge in [-0.05, 0) is 44.0 Å². The third-order valence-electron chi connectivity index (χ3n) is 3.54. The van der Waals surface area contributed by atoms with Gasteiger partial charge in [-0.25, -0.2) is 0 Å². The van der Waals surface area contributed by atoms with Crippen LogP contribution in [0.4, 0.5) is 0 Å². The fourth-order valence-corrected chi connectivity index (χ4v) is 2.23. The summed E-state index contributed by atoms with van der Waals surface area (Å²) < 4.78 is 11.4. The second kappa shape index (κ2) is 8.02. The molecule has 0 spiro atoms. The molecule has 2 rings (SSSR count). The van der Waals surface area contributed by atoms with Crippen molar-refractivity contribution in [1.82, 2.24) is 5.32 Å². The summed E-state index contributed by atoms with van der Waals surface area (Å²) in [4.78, 5) is 0. The first-order valence-corrected chi connectivity index (χ1v) is 8.06. The summed E-state index contributed by atoms with van der Waals surface area (Å²) in [6.07, 6.45) is 0.886. The van der Waals surface area contributed by atoms with Gasteiger partial charge in [-0.1, -0.05) is 36.4 Å². The average Bonchev–Trinajstić information content (AvgIpc) is 2.54. The SMILES string of the molecule is COc1cc(CNC(C)(C)C)ccc1OCCc1ccccc1. The third kappa shape index (κ3) is 5.95. The Bertz CT molecular complexity index is 603. The van der Waals surface area contributed by atoms with Crippen LogP contribution in [0.2, 0.25) is 0 Å². The van der Waals surface area contributed by atoms with Gasteiger partial charge in [-0.2, -0.15) is 0 Å². The van der Waals surface area contributed by atoms with Gasteiger partial charge in [0.25, 0.3) is 0 Å². The van der Waals surface area contributed by atoms with E-state index in [9.17, 15) is 0 Å². The van der Waals surface area contributed by atoms with Gasteiger partial charge in [-0.15, -0.1) is 0 Å². The molecule has 0 heterocycles. The Balaban J connectivity index is 1.93. The summed E-state index contributed by atoms with van der Waals surface area (Å²) >= 11 is 0. The summed E-state index contributed by atoms with van der Waals surface area (Å²) in [6.45, 7) is 7.92. The summed E-state index contributed by atoms with van der Waals surface area (Å²) in [7, 11) is 1.68. The average molecular weight is 313 g/mol. The highest BCUT2D eigenvalue weighted by molar-refractivity contribution is 5.43. The molecule has 0 saturated heterocycles. The standard InChI is InChI=1S/C20H27NO2/c1-20(2,3)21-15-17-10-11-18(19(14-17)22-4)23-13-12-16-8-6-5-7-9-16/h5-11,14,21H,12-13,15H2,1-4H3. The molecular weight excluding hydrogens is 286 g/mol. The Morgan fingerprint density at radius 1 is 0.913 bits per heavy atom. The van der Waals surface area contributed by atoms with Crippen LogP contribution in [0.15, 0.2) is 48.5 Å². The minimum Gasteiger partial charge on any atom is -0.493 e. The van der Waals surface area contributed by atoms with Crippen molar-refractivity contribution in [2.24, 2.45) is 0 Å². The van der Waals surface area contributed by atoms with Gasteiger partial charge in [0, 0.05) is 18.5 Å². The molecule has 0 saturated carbocycles. The molecule has 3 heteroatoms. The van der Waals surface area contributed by atoms with Crippen LogP contribution in [0.5, 0.6) is 11.5 Å². The largest absolute Gasteiger partial charge is 0.493 e. The first kappa shape index (κ1) is 17.4. The maximum atomic E-state index is 5.89. The molecule has 1 N–H and O–H groups in total. The van der Waals surface area contributed by atoms with E-state index in [0.717, 1.165) is 24.5 Å². The number of rotatable bonds is 7. The fourth-order valence-electron chi connectivity index (χ4n) is 2.23. The quantitative estimate of drug-likeness (QED) is 0.831. The van der Waals surface area contributed by atoms with Crippen LogP contribution in [-0.4, -0.2) is 19.3 Å². The van der Waals surface area contributed by atoms with Crippen LogP contribution in [-0.2, 0) is 13.0 Å². The van der Waals surface area contributed by atoms with Crippen LogP contribution in [0.25, 0.3) is 0 Å². The van der Waals surface area contributed by atoms with Gasteiger partial charge in [0.2, 0.25) is 0 Å². The van der Waals surface area contributed by atoms with Crippen molar-refractivity contribution in [3.63, 3.8) is 0 Å². The molecule has 0 aliphatic carbocycles. The third-order valence-corrected chi connectivity index (χ3v) is 3.54. The van der Waals surface area contributed by atoms with Crippen molar-refractivity contribution in [3.8, 4) is 11.5 Å². The fraction of sp³-hybridized carbons (Fsp3) is 0.400. The Morgan fingerprint density at radius 2 is 1.65 bits per heavy atom. The van der Waals surface area contributed by atoms with Crippen LogP contribution in [0, 0.1) is 0 Å². The molecule has 2 aromatic rings. The molecule has 2 aromatic carbocycles. The molecule has 0 aliphatic rings. The molecule has 0 radical (unpaired) electrons. The van der Waals surface area contributed by atoms with Crippen molar-refractivity contribution >= 4 is 0 Å². The smallest absolute Gasteiger partial charge is 0.161 e. The zero-order valence-corrected chi connectivity index (χ0v) is 14.6. The molecule has 0 aromatic heterocycles. The maximum Gasteiger partial charge on any atom is 0.161 e. The van der Waals surface area contributed by atoms with Crippen molar-refractivity contribution in [2.75, 3.05) is 13.7 Å². The molecule has 0 atom stereocenters. The van der Waals surface area contributed by atoms with Crippen molar-refractivity contribution in [1.29, 1.82) is 0 Å². The highest BCUT2D eigenvalue weighted by Crippen LogP contribution is 2.28. The highest BCUT2D eigenvalue weighted by Gasteiger charge is 2.10. The van der Waals surface area contributed by atoms with E-state index >= 15 is 0 Å². The van der Waals surface area contributed by atoms with Crippen LogP contribution in [0.3, 0.4) is 0 Å². The van der Waals surface area contributed by atoms with Gasteiger partial charge in [0.1, 0.15) is 0 Å². The lowest BCUT2D eigenvalue weighted by Crippen LogP contribution is -2.35. The predicted molar refractivity (Wildman–Crippen MR) is 95.2 cm³/mol. The number of ether oxygens (including phenoxy) is 2. The molecule has 0 amide bonds. The molecule has 3 nitrogen and oxygen atoms in total. The second-order valence-electron chi connectivity index (χ2n) is 6.67. The van der Waals surface area contributed by atoms with E-state index < -0.39 is 0 Å². The van der Waals surface area contributed by atoms with E-state index in [1.54, 1.807) is 7.11 Å². The number of benzene rings is 2. The summed E-state index contributed by atoms with van der Waals surface area (Å²) in [5.74, 6) is 1.58. The molecule has 124 valence electrons. The van der Waals surface area contributed by atoms with E-state index in [1.807, 2.05) is 30.3 Å². The highest BCUT2D eigenvalue weighted by atomic mass is 16.5. The Labute approximate surface area is 139 Å². The summed E-state index contributed by atoms with van der Waals surface area (Å²) in [5, 5.41) is 3.48. The molecule has 0 unspecified atom stereocenters. The predicted octanol–water partition coefficient (Wildman–Crippen LogP) is 4.20. The summed E-state index contributed by atoms with van der Waals surface area (Å²) in [5.41, 5.74) is 2.56. The summed E-state index contributed by atoms with van der Waals surface area (Å²) in [6, 6.07) is 16.5. The molecule has 0 aliphatic heterocycles. The first-order chi connectivity index (χ1) is 11.0. The number of hydrogen-bond donors (Lipinski definition) is 1. The molecule has 0 fully saturated rings. The first-order valence-electron chi connectivity index (χ1n) is 8.06. The van der Waals surface area contributed by atoms with E-state index in [0.29, 0.717) is 6.61 Å². The minimum atomic E-state index is 0.0953. The normalized spacial score (nSPS) is 11.3. The van der Waals surface area contributed by atoms with Gasteiger partial charge in [-0.3, -0.25) is 0 Å². The zero-order chi connectivity index (χ0) is 16.7. The Hall–Kier alpha value is -2.00. The molecular formula is C20H27NO2. The maximum absolute atomic E-state index is 5.89. The van der Waals surface area contributed by atoms with Gasteiger partial charge < -0.3 is 14.8 Å². The van der Waals surface area contributed by atoms with Crippen LogP contribution >= 0.6 is 0 Å².